The number of aromatic carboxylic acids is 1. The topological polar surface area (TPSA) is 107 Å². The fraction of sp³-hybridized carbons (Fsp3) is 0.188. The molecule has 0 aliphatic carbocycles. The standard InChI is InChI=1S/C16H16N2O6/c1-2-23-13-6-4-12(5-7-13)17-14(19)10-24-18-9-11(16(21)22)3-8-15(18)20/h3-9H,2,10H2,1H3,(H,17,19)(H,21,22). The maximum absolute atomic E-state index is 11.8. The highest BCUT2D eigenvalue weighted by Crippen LogP contribution is 2.15. The number of rotatable bonds is 7. The minimum absolute atomic E-state index is 0.124. The van der Waals surface area contributed by atoms with E-state index >= 15 is 0 Å². The fourth-order valence-corrected chi connectivity index (χ4v) is 1.82. The lowest BCUT2D eigenvalue weighted by Crippen LogP contribution is -2.32. The maximum Gasteiger partial charge on any atom is 0.337 e. The van der Waals surface area contributed by atoms with Gasteiger partial charge >= 0.3 is 5.97 Å². The van der Waals surface area contributed by atoms with Crippen LogP contribution in [0.5, 0.6) is 5.75 Å². The van der Waals surface area contributed by atoms with Crippen LogP contribution in [0.25, 0.3) is 0 Å². The van der Waals surface area contributed by atoms with Crippen LogP contribution in [0.2, 0.25) is 0 Å². The van der Waals surface area contributed by atoms with E-state index in [1.54, 1.807) is 24.3 Å². The summed E-state index contributed by atoms with van der Waals surface area (Å²) in [5.41, 5.74) is -0.158. The summed E-state index contributed by atoms with van der Waals surface area (Å²) in [5.74, 6) is -1.01. The van der Waals surface area contributed by atoms with Gasteiger partial charge in [0.25, 0.3) is 11.5 Å². The molecule has 126 valence electrons. The van der Waals surface area contributed by atoms with Crippen LogP contribution in [0.3, 0.4) is 0 Å². The van der Waals surface area contributed by atoms with Crippen molar-refractivity contribution in [2.75, 3.05) is 18.5 Å². The predicted molar refractivity (Wildman–Crippen MR) is 85.3 cm³/mol. The van der Waals surface area contributed by atoms with E-state index in [1.165, 1.54) is 0 Å². The van der Waals surface area contributed by atoms with Crippen molar-refractivity contribution in [2.45, 2.75) is 6.92 Å². The first-order chi connectivity index (χ1) is 11.5. The zero-order chi connectivity index (χ0) is 17.5. The number of carboxylic acids is 1. The molecule has 0 unspecified atom stereocenters. The summed E-state index contributed by atoms with van der Waals surface area (Å²) in [7, 11) is 0. The van der Waals surface area contributed by atoms with Crippen molar-refractivity contribution in [3.8, 4) is 5.75 Å². The summed E-state index contributed by atoms with van der Waals surface area (Å²) >= 11 is 0. The van der Waals surface area contributed by atoms with Gasteiger partial charge in [-0.15, -0.1) is 0 Å². The molecule has 0 aliphatic rings. The number of carbonyl (C=O) groups excluding carboxylic acids is 1. The van der Waals surface area contributed by atoms with E-state index in [2.05, 4.69) is 5.32 Å². The van der Waals surface area contributed by atoms with Gasteiger partial charge in [0.1, 0.15) is 5.75 Å². The molecule has 0 aliphatic heterocycles. The van der Waals surface area contributed by atoms with E-state index < -0.39 is 24.0 Å². The van der Waals surface area contributed by atoms with Gasteiger partial charge in [-0.05, 0) is 37.3 Å². The number of hydrogen-bond donors (Lipinski definition) is 2. The Balaban J connectivity index is 1.94. The summed E-state index contributed by atoms with van der Waals surface area (Å²) in [4.78, 5) is 39.3. The van der Waals surface area contributed by atoms with E-state index in [4.69, 9.17) is 14.7 Å². The minimum atomic E-state index is -1.20. The van der Waals surface area contributed by atoms with Crippen LogP contribution < -0.4 is 20.5 Å². The third kappa shape index (κ3) is 4.60. The minimum Gasteiger partial charge on any atom is -0.494 e. The Bertz CT molecular complexity index is 782. The molecule has 0 atom stereocenters. The lowest BCUT2D eigenvalue weighted by Gasteiger charge is -2.10. The number of anilines is 1. The normalized spacial score (nSPS) is 10.0. The van der Waals surface area contributed by atoms with E-state index in [9.17, 15) is 14.4 Å². The molecule has 8 heteroatoms. The highest BCUT2D eigenvalue weighted by Gasteiger charge is 2.08. The summed E-state index contributed by atoms with van der Waals surface area (Å²) in [6, 6.07) is 8.96. The highest BCUT2D eigenvalue weighted by molar-refractivity contribution is 5.91. The molecule has 8 nitrogen and oxygen atoms in total. The van der Waals surface area contributed by atoms with E-state index in [0.717, 1.165) is 18.3 Å². The Hall–Kier alpha value is -3.29. The summed E-state index contributed by atoms with van der Waals surface area (Å²) in [6.07, 6.45) is 1.01. The second-order valence-electron chi connectivity index (χ2n) is 4.67. The van der Waals surface area contributed by atoms with Gasteiger partial charge in [0.15, 0.2) is 6.61 Å². The molecule has 0 saturated carbocycles. The maximum atomic E-state index is 11.8. The molecule has 1 amide bonds. The Morgan fingerprint density at radius 3 is 2.50 bits per heavy atom. The number of ether oxygens (including phenoxy) is 1. The number of benzene rings is 1. The first kappa shape index (κ1) is 17.1. The van der Waals surface area contributed by atoms with Gasteiger partial charge in [0.05, 0.1) is 18.4 Å². The van der Waals surface area contributed by atoms with Gasteiger partial charge in [-0.3, -0.25) is 9.59 Å². The number of nitrogens with one attached hydrogen (secondary N) is 1. The van der Waals surface area contributed by atoms with Crippen LogP contribution in [-0.2, 0) is 4.79 Å². The van der Waals surface area contributed by atoms with Crippen LogP contribution in [0, 0.1) is 0 Å². The van der Waals surface area contributed by atoms with Crippen molar-refractivity contribution in [1.29, 1.82) is 0 Å². The summed E-state index contributed by atoms with van der Waals surface area (Å²) in [6.45, 7) is 1.97. The van der Waals surface area contributed by atoms with E-state index in [-0.39, 0.29) is 5.56 Å². The van der Waals surface area contributed by atoms with Crippen molar-refractivity contribution >= 4 is 17.6 Å². The zero-order valence-corrected chi connectivity index (χ0v) is 12.9. The third-order valence-electron chi connectivity index (χ3n) is 2.91. The number of nitrogens with zero attached hydrogens (tertiary/aromatic N) is 1. The molecule has 1 aromatic heterocycles. The molecule has 0 fully saturated rings. The Labute approximate surface area is 137 Å². The van der Waals surface area contributed by atoms with Gasteiger partial charge in [-0.2, -0.15) is 4.73 Å². The van der Waals surface area contributed by atoms with Crippen LogP contribution in [-0.4, -0.2) is 34.9 Å². The van der Waals surface area contributed by atoms with Gasteiger partial charge in [-0.1, -0.05) is 0 Å². The average molecular weight is 332 g/mol. The van der Waals surface area contributed by atoms with E-state index in [1.807, 2.05) is 6.92 Å². The predicted octanol–water partition coefficient (Wildman–Crippen LogP) is 1.01. The zero-order valence-electron chi connectivity index (χ0n) is 12.9. The molecule has 0 spiro atoms. The SMILES string of the molecule is CCOc1ccc(NC(=O)COn2cc(C(=O)O)ccc2=O)cc1. The molecule has 1 aromatic carbocycles. The average Bonchev–Trinajstić information content (AvgIpc) is 2.56. The molecular formula is C16H16N2O6. The van der Waals surface area contributed by atoms with Crippen LogP contribution in [0.15, 0.2) is 47.4 Å². The van der Waals surface area contributed by atoms with Crippen LogP contribution in [0.1, 0.15) is 17.3 Å². The molecule has 2 N–H and O–H groups in total. The Morgan fingerprint density at radius 1 is 1.17 bits per heavy atom. The third-order valence-corrected chi connectivity index (χ3v) is 2.91. The van der Waals surface area contributed by atoms with Gasteiger partial charge in [0, 0.05) is 11.8 Å². The van der Waals surface area contributed by atoms with Gasteiger partial charge in [0.2, 0.25) is 0 Å². The first-order valence-corrected chi connectivity index (χ1v) is 7.11. The Kier molecular flexibility index (Phi) is 5.56. The number of hydrogen-bond acceptors (Lipinski definition) is 5. The summed E-state index contributed by atoms with van der Waals surface area (Å²) in [5, 5.41) is 11.5. The molecule has 0 radical (unpaired) electrons. The second-order valence-corrected chi connectivity index (χ2v) is 4.67. The lowest BCUT2D eigenvalue weighted by atomic mass is 10.3. The van der Waals surface area contributed by atoms with Crippen molar-refractivity contribution in [2.24, 2.45) is 0 Å². The second kappa shape index (κ2) is 7.82. The number of carboxylic acid groups (broad SMARTS) is 1. The van der Waals surface area contributed by atoms with Crippen molar-refractivity contribution in [1.82, 2.24) is 4.73 Å². The van der Waals surface area contributed by atoms with Gasteiger partial charge in [-0.25, -0.2) is 4.79 Å². The highest BCUT2D eigenvalue weighted by atomic mass is 16.7. The molecule has 24 heavy (non-hydrogen) atoms. The van der Waals surface area contributed by atoms with Gasteiger partial charge < -0.3 is 20.0 Å². The monoisotopic (exact) mass is 332 g/mol. The quantitative estimate of drug-likeness (QED) is 0.784. The van der Waals surface area contributed by atoms with Crippen LogP contribution >= 0.6 is 0 Å². The first-order valence-electron chi connectivity index (χ1n) is 7.11. The molecule has 2 rings (SSSR count). The molecular weight excluding hydrogens is 316 g/mol. The Morgan fingerprint density at radius 2 is 1.88 bits per heavy atom. The lowest BCUT2D eigenvalue weighted by molar-refractivity contribution is -0.120. The molecule has 0 saturated heterocycles. The summed E-state index contributed by atoms with van der Waals surface area (Å²) < 4.78 is 6.00. The van der Waals surface area contributed by atoms with Crippen molar-refractivity contribution in [3.05, 3.63) is 58.5 Å². The van der Waals surface area contributed by atoms with E-state index in [0.29, 0.717) is 22.8 Å². The fourth-order valence-electron chi connectivity index (χ4n) is 1.82. The number of amides is 1. The van der Waals surface area contributed by atoms with Crippen LogP contribution in [0.4, 0.5) is 5.69 Å². The smallest absolute Gasteiger partial charge is 0.337 e. The molecule has 1 heterocycles. The largest absolute Gasteiger partial charge is 0.494 e. The number of pyridine rings is 1. The number of aromatic nitrogens is 1. The molecule has 0 bridgehead atoms. The van der Waals surface area contributed by atoms with Crippen molar-refractivity contribution < 1.29 is 24.3 Å². The molecule has 2 aromatic rings. The van der Waals surface area contributed by atoms with Crippen molar-refractivity contribution in [3.63, 3.8) is 0 Å². The number of carbonyl (C=O) groups is 2.